The Morgan fingerprint density at radius 3 is 2.53 bits per heavy atom. The number of carbonyl (C=O) groups excluding carboxylic acids is 3. The van der Waals surface area contributed by atoms with Crippen LogP contribution in [0.1, 0.15) is 29.0 Å². The summed E-state index contributed by atoms with van der Waals surface area (Å²) in [6.45, 7) is 1.23. The number of urea groups is 1. The zero-order valence-electron chi connectivity index (χ0n) is 19.7. The van der Waals surface area contributed by atoms with Gasteiger partial charge in [0, 0.05) is 48.1 Å². The van der Waals surface area contributed by atoms with Crippen molar-refractivity contribution in [2.24, 2.45) is 5.92 Å². The fourth-order valence-corrected chi connectivity index (χ4v) is 5.67. The Morgan fingerprint density at radius 2 is 1.83 bits per heavy atom. The lowest BCUT2D eigenvalue weighted by Crippen LogP contribution is -2.54. The van der Waals surface area contributed by atoms with Crippen LogP contribution in [0.25, 0.3) is 0 Å². The molecule has 5 rings (SSSR count). The van der Waals surface area contributed by atoms with Crippen LogP contribution in [-0.2, 0) is 21.5 Å². The molecule has 2 fully saturated rings. The minimum absolute atomic E-state index is 0.193. The molecule has 182 valence electrons. The number of likely N-dealkylation sites (tertiary alicyclic amines) is 1. The van der Waals surface area contributed by atoms with Gasteiger partial charge in [-0.1, -0.05) is 36.3 Å². The number of benzene rings is 1. The van der Waals surface area contributed by atoms with Crippen LogP contribution in [0, 0.1) is 17.8 Å². The summed E-state index contributed by atoms with van der Waals surface area (Å²) in [4.78, 5) is 48.3. The Kier molecular flexibility index (Phi) is 6.83. The molecule has 3 aromatic rings. The summed E-state index contributed by atoms with van der Waals surface area (Å²) in [5.74, 6) is 4.95. The van der Waals surface area contributed by atoms with Gasteiger partial charge >= 0.3 is 6.03 Å². The highest BCUT2D eigenvalue weighted by molar-refractivity contribution is 7.09. The van der Waals surface area contributed by atoms with Crippen LogP contribution < -0.4 is 5.32 Å². The van der Waals surface area contributed by atoms with Crippen molar-refractivity contribution in [3.63, 3.8) is 0 Å². The maximum absolute atomic E-state index is 13.9. The van der Waals surface area contributed by atoms with Crippen molar-refractivity contribution < 1.29 is 14.4 Å². The maximum Gasteiger partial charge on any atom is 0.325 e. The number of imide groups is 1. The van der Waals surface area contributed by atoms with E-state index in [-0.39, 0.29) is 17.7 Å². The van der Waals surface area contributed by atoms with E-state index in [0.717, 1.165) is 10.4 Å². The van der Waals surface area contributed by atoms with Gasteiger partial charge in [-0.3, -0.25) is 19.5 Å². The van der Waals surface area contributed by atoms with E-state index >= 15 is 0 Å². The van der Waals surface area contributed by atoms with Crippen LogP contribution in [-0.4, -0.2) is 52.3 Å². The number of nitrogens with zero attached hydrogens (tertiary/aromatic N) is 3. The highest BCUT2D eigenvalue weighted by Gasteiger charge is 2.58. The average molecular weight is 499 g/mol. The predicted molar refractivity (Wildman–Crippen MR) is 137 cm³/mol. The highest BCUT2D eigenvalue weighted by Crippen LogP contribution is 2.40. The summed E-state index contributed by atoms with van der Waals surface area (Å²) in [6, 6.07) is 18.4. The van der Waals surface area contributed by atoms with Gasteiger partial charge in [0.15, 0.2) is 5.54 Å². The second-order valence-electron chi connectivity index (χ2n) is 8.92. The van der Waals surface area contributed by atoms with E-state index in [1.54, 1.807) is 34.6 Å². The molecular formula is C28H26N4O3S. The quantitative estimate of drug-likeness (QED) is 0.432. The molecule has 0 radical (unpaired) electrons. The molecule has 4 heterocycles. The number of hydrogen-bond donors (Lipinski definition) is 1. The molecule has 1 N–H and O–H groups in total. The van der Waals surface area contributed by atoms with E-state index in [4.69, 9.17) is 0 Å². The zero-order valence-corrected chi connectivity index (χ0v) is 20.5. The van der Waals surface area contributed by atoms with Crippen LogP contribution >= 0.6 is 11.3 Å². The normalized spacial score (nSPS) is 20.1. The van der Waals surface area contributed by atoms with Crippen molar-refractivity contribution in [3.8, 4) is 11.8 Å². The van der Waals surface area contributed by atoms with E-state index in [1.165, 1.54) is 4.90 Å². The molecule has 0 saturated carbocycles. The van der Waals surface area contributed by atoms with E-state index in [2.05, 4.69) is 22.1 Å². The average Bonchev–Trinajstić information content (AvgIpc) is 3.53. The predicted octanol–water partition coefficient (Wildman–Crippen LogP) is 3.42. The maximum atomic E-state index is 13.9. The first-order chi connectivity index (χ1) is 17.6. The monoisotopic (exact) mass is 498 g/mol. The number of rotatable bonds is 5. The summed E-state index contributed by atoms with van der Waals surface area (Å²) in [7, 11) is 0. The van der Waals surface area contributed by atoms with E-state index in [1.807, 2.05) is 53.9 Å². The number of pyridine rings is 1. The Morgan fingerprint density at radius 1 is 1.06 bits per heavy atom. The summed E-state index contributed by atoms with van der Waals surface area (Å²) in [5, 5.41) is 5.01. The Hall–Kier alpha value is -3.96. The molecule has 1 atom stereocenters. The Bertz CT molecular complexity index is 1290. The number of aromatic nitrogens is 1. The topological polar surface area (TPSA) is 82.6 Å². The van der Waals surface area contributed by atoms with Gasteiger partial charge in [-0.2, -0.15) is 0 Å². The third-order valence-corrected chi connectivity index (χ3v) is 7.78. The zero-order chi connectivity index (χ0) is 25.0. The molecule has 2 aromatic heterocycles. The summed E-state index contributed by atoms with van der Waals surface area (Å²) in [6.07, 6.45) is 3.37. The first kappa shape index (κ1) is 23.8. The van der Waals surface area contributed by atoms with Crippen LogP contribution in [0.5, 0.6) is 0 Å². The van der Waals surface area contributed by atoms with Crippen molar-refractivity contribution in [3.05, 3.63) is 88.4 Å². The standard InChI is InChI=1S/C28H26N4O3S/c33-25(12-11-21-7-2-1-3-8-21)31-17-13-22(14-18-31)28(24-10-4-5-16-29-24)26(34)32(27(35)30-28)19-15-23-9-6-20-36-23/h1-10,16,20,22H,13-15,17-19H2,(H,30,35). The lowest BCUT2D eigenvalue weighted by molar-refractivity contribution is -0.135. The van der Waals surface area contributed by atoms with Crippen molar-refractivity contribution >= 4 is 29.2 Å². The molecule has 36 heavy (non-hydrogen) atoms. The third-order valence-electron chi connectivity index (χ3n) is 6.84. The van der Waals surface area contributed by atoms with E-state index in [9.17, 15) is 14.4 Å². The van der Waals surface area contributed by atoms with Crippen LogP contribution in [0.3, 0.4) is 0 Å². The lowest BCUT2D eigenvalue weighted by Gasteiger charge is -2.40. The van der Waals surface area contributed by atoms with E-state index < -0.39 is 11.6 Å². The number of hydrogen-bond acceptors (Lipinski definition) is 5. The lowest BCUT2D eigenvalue weighted by atomic mass is 9.75. The molecule has 7 nitrogen and oxygen atoms in total. The van der Waals surface area contributed by atoms with Gasteiger partial charge in [0.05, 0.1) is 5.69 Å². The number of thiophene rings is 1. The summed E-state index contributed by atoms with van der Waals surface area (Å²) < 4.78 is 0. The fourth-order valence-electron chi connectivity index (χ4n) is 4.97. The third kappa shape index (κ3) is 4.62. The minimum atomic E-state index is -1.24. The molecule has 0 spiro atoms. The minimum Gasteiger partial charge on any atom is -0.332 e. The second kappa shape index (κ2) is 10.3. The Labute approximate surface area is 214 Å². The first-order valence-corrected chi connectivity index (χ1v) is 12.9. The largest absolute Gasteiger partial charge is 0.332 e. The van der Waals surface area contributed by atoms with Crippen molar-refractivity contribution in [2.75, 3.05) is 19.6 Å². The molecule has 8 heteroatoms. The first-order valence-electron chi connectivity index (χ1n) is 12.0. The molecule has 2 aliphatic rings. The van der Waals surface area contributed by atoms with Gasteiger partial charge in [-0.05, 0) is 55.0 Å². The molecule has 0 bridgehead atoms. The number of amides is 4. The van der Waals surface area contributed by atoms with Gasteiger partial charge in [0.25, 0.3) is 11.8 Å². The Balaban J connectivity index is 1.33. The fraction of sp³-hybridized carbons (Fsp3) is 0.286. The number of carbonyl (C=O) groups is 3. The highest BCUT2D eigenvalue weighted by atomic mass is 32.1. The van der Waals surface area contributed by atoms with Crippen LogP contribution in [0.4, 0.5) is 4.79 Å². The van der Waals surface area contributed by atoms with Gasteiger partial charge in [0.2, 0.25) is 0 Å². The smallest absolute Gasteiger partial charge is 0.325 e. The molecule has 4 amide bonds. The second-order valence-corrected chi connectivity index (χ2v) is 9.95. The van der Waals surface area contributed by atoms with Gasteiger partial charge in [-0.15, -0.1) is 11.3 Å². The summed E-state index contributed by atoms with van der Waals surface area (Å²) in [5.41, 5.74) is 0.0888. The van der Waals surface area contributed by atoms with Crippen molar-refractivity contribution in [1.29, 1.82) is 0 Å². The number of piperidine rings is 1. The van der Waals surface area contributed by atoms with Crippen molar-refractivity contribution in [1.82, 2.24) is 20.1 Å². The van der Waals surface area contributed by atoms with Gasteiger partial charge in [0.1, 0.15) is 0 Å². The molecule has 2 saturated heterocycles. The van der Waals surface area contributed by atoms with Crippen LogP contribution in [0.15, 0.2) is 72.2 Å². The molecule has 2 aliphatic heterocycles. The molecule has 1 aromatic carbocycles. The number of nitrogens with one attached hydrogen (secondary N) is 1. The SMILES string of the molecule is O=C(C#Cc1ccccc1)N1CCC(C2(c3ccccn3)NC(=O)N(CCc3cccs3)C2=O)CC1. The molecule has 0 aliphatic carbocycles. The van der Waals surface area contributed by atoms with Gasteiger partial charge in [-0.25, -0.2) is 4.79 Å². The summed E-state index contributed by atoms with van der Waals surface area (Å²) >= 11 is 1.61. The van der Waals surface area contributed by atoms with Crippen LogP contribution in [0.2, 0.25) is 0 Å². The molecule has 1 unspecified atom stereocenters. The van der Waals surface area contributed by atoms with Gasteiger partial charge < -0.3 is 10.2 Å². The molecular weight excluding hydrogens is 472 g/mol. The van der Waals surface area contributed by atoms with E-state index in [0.29, 0.717) is 44.6 Å². The van der Waals surface area contributed by atoms with Crippen molar-refractivity contribution in [2.45, 2.75) is 24.8 Å².